The van der Waals surface area contributed by atoms with Gasteiger partial charge in [0.1, 0.15) is 4.90 Å². The Kier molecular flexibility index (Phi) is 4.91. The minimum atomic E-state index is -3.87. The van der Waals surface area contributed by atoms with Gasteiger partial charge in [-0.2, -0.15) is 0 Å². The van der Waals surface area contributed by atoms with Crippen molar-refractivity contribution >= 4 is 25.5 Å². The van der Waals surface area contributed by atoms with E-state index >= 15 is 0 Å². The van der Waals surface area contributed by atoms with Crippen LogP contribution in [0.5, 0.6) is 0 Å². The van der Waals surface area contributed by atoms with E-state index in [1.165, 1.54) is 19.2 Å². The Morgan fingerprint density at radius 2 is 1.89 bits per heavy atom. The van der Waals surface area contributed by atoms with Crippen LogP contribution in [-0.4, -0.2) is 43.4 Å². The number of nitrogen functional groups attached to an aromatic ring is 1. The molecule has 0 saturated carbocycles. The topological polar surface area (TPSA) is 116 Å². The molecule has 0 aliphatic heterocycles. The van der Waals surface area contributed by atoms with Gasteiger partial charge in [0.05, 0.1) is 17.2 Å². The smallest absolute Gasteiger partial charge is 0.242 e. The molecule has 9 heteroatoms. The average Bonchev–Trinajstić information content (AvgIpc) is 2.27. The molecule has 19 heavy (non-hydrogen) atoms. The first kappa shape index (κ1) is 15.9. The molecule has 108 valence electrons. The number of rotatable bonds is 6. The lowest BCUT2D eigenvalue weighted by atomic mass is 10.3. The maximum atomic E-state index is 12.0. The summed E-state index contributed by atoms with van der Waals surface area (Å²) in [4.78, 5) is -0.361. The van der Waals surface area contributed by atoms with Crippen molar-refractivity contribution in [3.05, 3.63) is 18.2 Å². The van der Waals surface area contributed by atoms with Crippen LogP contribution >= 0.6 is 0 Å². The van der Waals surface area contributed by atoms with E-state index < -0.39 is 19.9 Å². The van der Waals surface area contributed by atoms with Crippen molar-refractivity contribution in [1.29, 1.82) is 0 Å². The fourth-order valence-corrected chi connectivity index (χ4v) is 3.22. The fourth-order valence-electron chi connectivity index (χ4n) is 1.33. The highest BCUT2D eigenvalue weighted by molar-refractivity contribution is 7.91. The lowest BCUT2D eigenvalue weighted by molar-refractivity contribution is 0.204. The molecule has 1 aromatic rings. The van der Waals surface area contributed by atoms with Crippen LogP contribution in [0.2, 0.25) is 0 Å². The van der Waals surface area contributed by atoms with Crippen LogP contribution in [0.25, 0.3) is 0 Å². The number of benzene rings is 1. The number of anilines is 1. The van der Waals surface area contributed by atoms with Gasteiger partial charge in [-0.15, -0.1) is 0 Å². The summed E-state index contributed by atoms with van der Waals surface area (Å²) in [7, 11) is -5.93. The van der Waals surface area contributed by atoms with E-state index in [1.54, 1.807) is 0 Å². The molecular weight excluding hydrogens is 292 g/mol. The van der Waals surface area contributed by atoms with Gasteiger partial charge in [-0.25, -0.2) is 21.6 Å². The lowest BCUT2D eigenvalue weighted by Gasteiger charge is -2.10. The van der Waals surface area contributed by atoms with Gasteiger partial charge in [0.2, 0.25) is 10.0 Å². The quantitative estimate of drug-likeness (QED) is 0.545. The standard InChI is InChI=1S/C10H16N2O5S2/c1-17-6-5-12-19(15,16)10-7-8(18(2,13)14)3-4-9(10)11/h3-4,7,12H,5-6,11H2,1-2H3. The van der Waals surface area contributed by atoms with Gasteiger partial charge in [-0.3, -0.25) is 0 Å². The minimum absolute atomic E-state index is 0.0164. The Hall–Kier alpha value is -1.16. The second-order valence-corrected chi connectivity index (χ2v) is 7.61. The van der Waals surface area contributed by atoms with Gasteiger partial charge >= 0.3 is 0 Å². The zero-order chi connectivity index (χ0) is 14.7. The molecule has 0 aliphatic rings. The zero-order valence-corrected chi connectivity index (χ0v) is 12.2. The number of nitrogens with one attached hydrogen (secondary N) is 1. The molecule has 0 bridgehead atoms. The number of methoxy groups -OCH3 is 1. The van der Waals surface area contributed by atoms with Gasteiger partial charge in [0.15, 0.2) is 9.84 Å². The minimum Gasteiger partial charge on any atom is -0.398 e. The largest absolute Gasteiger partial charge is 0.398 e. The Morgan fingerprint density at radius 3 is 2.42 bits per heavy atom. The first-order valence-corrected chi connectivity index (χ1v) is 8.64. The second kappa shape index (κ2) is 5.87. The van der Waals surface area contributed by atoms with E-state index in [-0.39, 0.29) is 28.6 Å². The van der Waals surface area contributed by atoms with Crippen molar-refractivity contribution in [3.8, 4) is 0 Å². The molecule has 3 N–H and O–H groups in total. The summed E-state index contributed by atoms with van der Waals surface area (Å²) >= 11 is 0. The highest BCUT2D eigenvalue weighted by Crippen LogP contribution is 2.22. The van der Waals surface area contributed by atoms with Crippen molar-refractivity contribution in [3.63, 3.8) is 0 Å². The molecule has 1 rings (SSSR count). The van der Waals surface area contributed by atoms with Gasteiger partial charge < -0.3 is 10.5 Å². The van der Waals surface area contributed by atoms with E-state index in [0.717, 1.165) is 12.3 Å². The zero-order valence-electron chi connectivity index (χ0n) is 10.6. The molecule has 0 saturated heterocycles. The molecule has 0 aliphatic carbocycles. The van der Waals surface area contributed by atoms with E-state index in [4.69, 9.17) is 10.5 Å². The van der Waals surface area contributed by atoms with Crippen LogP contribution < -0.4 is 10.5 Å². The number of sulfone groups is 1. The van der Waals surface area contributed by atoms with Gasteiger partial charge in [0, 0.05) is 19.9 Å². The summed E-state index contributed by atoms with van der Waals surface area (Å²) in [5.41, 5.74) is 5.56. The van der Waals surface area contributed by atoms with E-state index in [1.807, 2.05) is 0 Å². The molecule has 0 heterocycles. The van der Waals surface area contributed by atoms with Crippen LogP contribution in [0.3, 0.4) is 0 Å². The third-order valence-electron chi connectivity index (χ3n) is 2.30. The van der Waals surface area contributed by atoms with Crippen LogP contribution in [0.1, 0.15) is 0 Å². The molecule has 0 spiro atoms. The number of ether oxygens (including phenoxy) is 1. The highest BCUT2D eigenvalue weighted by Gasteiger charge is 2.19. The fraction of sp³-hybridized carbons (Fsp3) is 0.400. The molecule has 0 fully saturated rings. The molecular formula is C10H16N2O5S2. The van der Waals surface area contributed by atoms with Crippen LogP contribution in [0, 0.1) is 0 Å². The summed E-state index contributed by atoms with van der Waals surface area (Å²) in [5, 5.41) is 0. The lowest BCUT2D eigenvalue weighted by Crippen LogP contribution is -2.28. The third kappa shape index (κ3) is 4.16. The summed E-state index contributed by atoms with van der Waals surface area (Å²) in [6.07, 6.45) is 0.993. The summed E-state index contributed by atoms with van der Waals surface area (Å²) in [6, 6.07) is 3.56. The highest BCUT2D eigenvalue weighted by atomic mass is 32.2. The summed E-state index contributed by atoms with van der Waals surface area (Å²) in [6.45, 7) is 0.270. The van der Waals surface area contributed by atoms with Crippen molar-refractivity contribution in [2.24, 2.45) is 0 Å². The van der Waals surface area contributed by atoms with Gasteiger partial charge in [-0.1, -0.05) is 0 Å². The Bertz CT molecular complexity index is 652. The molecule has 0 unspecified atom stereocenters. The molecule has 7 nitrogen and oxygen atoms in total. The Labute approximate surface area is 112 Å². The van der Waals surface area contributed by atoms with Crippen LogP contribution in [-0.2, 0) is 24.6 Å². The molecule has 0 radical (unpaired) electrons. The molecule has 0 aromatic heterocycles. The van der Waals surface area contributed by atoms with Crippen molar-refractivity contribution in [1.82, 2.24) is 4.72 Å². The third-order valence-corrected chi connectivity index (χ3v) is 4.93. The first-order chi connectivity index (χ1) is 8.68. The number of hydrogen-bond donors (Lipinski definition) is 2. The monoisotopic (exact) mass is 308 g/mol. The summed E-state index contributed by atoms with van der Waals surface area (Å²) < 4.78 is 53.7. The molecule has 0 atom stereocenters. The van der Waals surface area contributed by atoms with Gasteiger partial charge in [0.25, 0.3) is 0 Å². The molecule has 1 aromatic carbocycles. The van der Waals surface area contributed by atoms with Crippen molar-refractivity contribution < 1.29 is 21.6 Å². The van der Waals surface area contributed by atoms with E-state index in [9.17, 15) is 16.8 Å². The maximum absolute atomic E-state index is 12.0. The summed E-state index contributed by atoms with van der Waals surface area (Å²) in [5.74, 6) is 0. The normalized spacial score (nSPS) is 12.5. The predicted octanol–water partition coefficient (Wildman–Crippen LogP) is -0.403. The predicted molar refractivity (Wildman–Crippen MR) is 71.0 cm³/mol. The van der Waals surface area contributed by atoms with Gasteiger partial charge in [-0.05, 0) is 18.2 Å². The Morgan fingerprint density at radius 1 is 1.26 bits per heavy atom. The van der Waals surface area contributed by atoms with E-state index in [2.05, 4.69) is 4.72 Å². The molecule has 0 amide bonds. The second-order valence-electron chi connectivity index (χ2n) is 3.86. The first-order valence-electron chi connectivity index (χ1n) is 5.26. The van der Waals surface area contributed by atoms with Crippen LogP contribution in [0.4, 0.5) is 5.69 Å². The maximum Gasteiger partial charge on any atom is 0.242 e. The Balaban J connectivity index is 3.19. The van der Waals surface area contributed by atoms with Crippen LogP contribution in [0.15, 0.2) is 28.0 Å². The SMILES string of the molecule is COCCNS(=O)(=O)c1cc(S(C)(=O)=O)ccc1N. The number of hydrogen-bond acceptors (Lipinski definition) is 6. The number of nitrogens with two attached hydrogens (primary N) is 1. The van der Waals surface area contributed by atoms with E-state index in [0.29, 0.717) is 0 Å². The average molecular weight is 308 g/mol. The van der Waals surface area contributed by atoms with Crippen molar-refractivity contribution in [2.45, 2.75) is 9.79 Å². The number of sulfonamides is 1. The van der Waals surface area contributed by atoms with Crippen molar-refractivity contribution in [2.75, 3.05) is 32.3 Å².